The van der Waals surface area contributed by atoms with Gasteiger partial charge in [0.2, 0.25) is 0 Å². The number of nitrogens with two attached hydrogens (primary N) is 1. The summed E-state index contributed by atoms with van der Waals surface area (Å²) in [6, 6.07) is 10.6. The maximum absolute atomic E-state index is 5.60. The van der Waals surface area contributed by atoms with E-state index in [4.69, 9.17) is 5.73 Å². The Morgan fingerprint density at radius 3 is 2.84 bits per heavy atom. The van der Waals surface area contributed by atoms with Gasteiger partial charge in [0.15, 0.2) is 5.95 Å². The average Bonchev–Trinajstić information content (AvgIpc) is 2.99. The molecule has 1 unspecified atom stereocenters. The van der Waals surface area contributed by atoms with Crippen LogP contribution in [0.3, 0.4) is 0 Å². The fourth-order valence-corrected chi connectivity index (χ4v) is 2.42. The Balaban J connectivity index is 1.72. The number of imidazole rings is 1. The van der Waals surface area contributed by atoms with Crippen LogP contribution in [-0.2, 0) is 6.42 Å². The van der Waals surface area contributed by atoms with Crippen molar-refractivity contribution in [2.75, 3.05) is 19.3 Å². The first-order valence-electron chi connectivity index (χ1n) is 6.36. The number of aromatic amines is 1. The van der Waals surface area contributed by atoms with E-state index in [9.17, 15) is 0 Å². The first-order chi connectivity index (χ1) is 9.24. The minimum absolute atomic E-state index is 0.357. The third-order valence-corrected chi connectivity index (χ3v) is 3.47. The van der Waals surface area contributed by atoms with Crippen molar-refractivity contribution in [1.82, 2.24) is 14.9 Å². The first kappa shape index (κ1) is 11.8. The number of rotatable bonds is 3. The van der Waals surface area contributed by atoms with Crippen molar-refractivity contribution in [2.45, 2.75) is 12.5 Å². The number of hydrogen-bond acceptors (Lipinski definition) is 4. The summed E-state index contributed by atoms with van der Waals surface area (Å²) in [6.45, 7) is 0.805. The molecule has 0 radical (unpaired) electrons. The maximum atomic E-state index is 5.60. The zero-order chi connectivity index (χ0) is 13.2. The van der Waals surface area contributed by atoms with Crippen molar-refractivity contribution < 1.29 is 0 Å². The summed E-state index contributed by atoms with van der Waals surface area (Å²) in [4.78, 5) is 14.0. The molecule has 0 saturated carbocycles. The van der Waals surface area contributed by atoms with E-state index in [0.29, 0.717) is 12.0 Å². The minimum atomic E-state index is 0.357. The standard InChI is InChI=1S/C14H17N5/c1-19-12(7-11-8-17-14(15)18-11)9-16-13(19)10-5-3-2-4-6-10/h2-6,8,12H,7,9H2,1H3,(H3,15,17,18). The summed E-state index contributed by atoms with van der Waals surface area (Å²) >= 11 is 0. The minimum Gasteiger partial charge on any atom is -0.369 e. The van der Waals surface area contributed by atoms with Crippen molar-refractivity contribution in [3.63, 3.8) is 0 Å². The van der Waals surface area contributed by atoms with E-state index in [1.807, 2.05) is 18.2 Å². The van der Waals surface area contributed by atoms with Crippen LogP contribution in [0.4, 0.5) is 5.95 Å². The molecular formula is C14H17N5. The molecule has 19 heavy (non-hydrogen) atoms. The van der Waals surface area contributed by atoms with E-state index < -0.39 is 0 Å². The zero-order valence-corrected chi connectivity index (χ0v) is 10.9. The van der Waals surface area contributed by atoms with Gasteiger partial charge in [-0.3, -0.25) is 4.99 Å². The molecule has 3 rings (SSSR count). The van der Waals surface area contributed by atoms with Crippen molar-refractivity contribution in [3.8, 4) is 0 Å². The highest BCUT2D eigenvalue weighted by Gasteiger charge is 2.25. The second-order valence-electron chi connectivity index (χ2n) is 4.79. The number of likely N-dealkylation sites (N-methyl/N-ethyl adjacent to an activating group) is 1. The molecule has 2 heterocycles. The van der Waals surface area contributed by atoms with Crippen molar-refractivity contribution in [3.05, 3.63) is 47.8 Å². The molecule has 2 aromatic rings. The summed E-state index contributed by atoms with van der Waals surface area (Å²) in [5.74, 6) is 1.53. The lowest BCUT2D eigenvalue weighted by Gasteiger charge is -2.22. The highest BCUT2D eigenvalue weighted by molar-refractivity contribution is 5.99. The van der Waals surface area contributed by atoms with Crippen molar-refractivity contribution in [2.24, 2.45) is 4.99 Å². The van der Waals surface area contributed by atoms with E-state index in [-0.39, 0.29) is 0 Å². The van der Waals surface area contributed by atoms with Gasteiger partial charge >= 0.3 is 0 Å². The van der Waals surface area contributed by atoms with Gasteiger partial charge in [0.25, 0.3) is 0 Å². The topological polar surface area (TPSA) is 70.3 Å². The van der Waals surface area contributed by atoms with Gasteiger partial charge in [0.05, 0.1) is 18.8 Å². The van der Waals surface area contributed by atoms with Crippen LogP contribution in [0.2, 0.25) is 0 Å². The number of hydrogen-bond donors (Lipinski definition) is 2. The molecule has 0 spiro atoms. The SMILES string of the molecule is CN1C(c2ccccc2)=NCC1Cc1cnc(N)[nH]1. The number of nitrogens with zero attached hydrogens (tertiary/aromatic N) is 3. The monoisotopic (exact) mass is 255 g/mol. The van der Waals surface area contributed by atoms with E-state index in [2.05, 4.69) is 39.0 Å². The Bertz CT molecular complexity index is 587. The number of aromatic nitrogens is 2. The van der Waals surface area contributed by atoms with Gasteiger partial charge in [0, 0.05) is 24.7 Å². The first-order valence-corrected chi connectivity index (χ1v) is 6.36. The number of benzene rings is 1. The second-order valence-corrected chi connectivity index (χ2v) is 4.79. The predicted molar refractivity (Wildman–Crippen MR) is 76.1 cm³/mol. The van der Waals surface area contributed by atoms with Crippen LogP contribution in [0.15, 0.2) is 41.5 Å². The lowest BCUT2D eigenvalue weighted by molar-refractivity contribution is 0.399. The van der Waals surface area contributed by atoms with Gasteiger partial charge in [0.1, 0.15) is 5.84 Å². The summed E-state index contributed by atoms with van der Waals surface area (Å²) in [7, 11) is 2.09. The van der Waals surface area contributed by atoms with Crippen LogP contribution >= 0.6 is 0 Å². The largest absolute Gasteiger partial charge is 0.369 e. The molecule has 1 aliphatic rings. The highest BCUT2D eigenvalue weighted by Crippen LogP contribution is 2.17. The van der Waals surface area contributed by atoms with Crippen LogP contribution < -0.4 is 5.73 Å². The molecule has 1 atom stereocenters. The van der Waals surface area contributed by atoms with E-state index in [1.54, 1.807) is 6.20 Å². The Kier molecular flexibility index (Phi) is 2.95. The Labute approximate surface area is 112 Å². The summed E-state index contributed by atoms with van der Waals surface area (Å²) in [5, 5.41) is 0. The van der Waals surface area contributed by atoms with Gasteiger partial charge in [-0.2, -0.15) is 0 Å². The van der Waals surface area contributed by atoms with Crippen LogP contribution in [0.25, 0.3) is 0 Å². The van der Waals surface area contributed by atoms with Crippen LogP contribution in [-0.4, -0.2) is 40.3 Å². The maximum Gasteiger partial charge on any atom is 0.197 e. The van der Waals surface area contributed by atoms with E-state index in [0.717, 1.165) is 30.1 Å². The van der Waals surface area contributed by atoms with Crippen molar-refractivity contribution >= 4 is 11.8 Å². The molecule has 5 heteroatoms. The van der Waals surface area contributed by atoms with Gasteiger partial charge in [-0.25, -0.2) is 4.98 Å². The molecule has 0 saturated heterocycles. The molecule has 0 amide bonds. The summed E-state index contributed by atoms with van der Waals surface area (Å²) < 4.78 is 0. The quantitative estimate of drug-likeness (QED) is 0.868. The second kappa shape index (κ2) is 4.76. The molecule has 98 valence electrons. The molecule has 5 nitrogen and oxygen atoms in total. The Morgan fingerprint density at radius 1 is 1.37 bits per heavy atom. The van der Waals surface area contributed by atoms with Gasteiger partial charge in [-0.05, 0) is 0 Å². The highest BCUT2D eigenvalue weighted by atomic mass is 15.2. The third kappa shape index (κ3) is 2.31. The molecule has 1 aromatic heterocycles. The number of H-pyrrole nitrogens is 1. The molecule has 0 aliphatic carbocycles. The number of nitrogens with one attached hydrogen (secondary N) is 1. The van der Waals surface area contributed by atoms with Gasteiger partial charge < -0.3 is 15.6 Å². The molecule has 1 aromatic carbocycles. The fraction of sp³-hybridized carbons (Fsp3) is 0.286. The zero-order valence-electron chi connectivity index (χ0n) is 10.9. The smallest absolute Gasteiger partial charge is 0.197 e. The number of anilines is 1. The predicted octanol–water partition coefficient (Wildman–Crippen LogP) is 1.30. The number of nitrogen functional groups attached to an aromatic ring is 1. The molecule has 3 N–H and O–H groups in total. The summed E-state index contributed by atoms with van der Waals surface area (Å²) in [6.07, 6.45) is 2.67. The Morgan fingerprint density at radius 2 is 2.16 bits per heavy atom. The van der Waals surface area contributed by atoms with Crippen LogP contribution in [0.1, 0.15) is 11.3 Å². The van der Waals surface area contributed by atoms with Crippen LogP contribution in [0, 0.1) is 0 Å². The lowest BCUT2D eigenvalue weighted by Crippen LogP contribution is -2.35. The van der Waals surface area contributed by atoms with Crippen LogP contribution in [0.5, 0.6) is 0 Å². The molecular weight excluding hydrogens is 238 g/mol. The third-order valence-electron chi connectivity index (χ3n) is 3.47. The fourth-order valence-electron chi connectivity index (χ4n) is 2.42. The molecule has 0 bridgehead atoms. The van der Waals surface area contributed by atoms with Gasteiger partial charge in [-0.15, -0.1) is 0 Å². The summed E-state index contributed by atoms with van der Waals surface area (Å²) in [5.41, 5.74) is 7.81. The molecule has 0 fully saturated rings. The average molecular weight is 255 g/mol. The normalized spacial score (nSPS) is 18.7. The number of amidine groups is 1. The lowest BCUT2D eigenvalue weighted by atomic mass is 10.1. The Hall–Kier alpha value is -2.30. The van der Waals surface area contributed by atoms with Gasteiger partial charge in [-0.1, -0.05) is 30.3 Å². The number of aliphatic imine (C=N–C) groups is 1. The van der Waals surface area contributed by atoms with Crippen molar-refractivity contribution in [1.29, 1.82) is 0 Å². The molecule has 1 aliphatic heterocycles. The van der Waals surface area contributed by atoms with E-state index in [1.165, 1.54) is 0 Å². The van der Waals surface area contributed by atoms with E-state index >= 15 is 0 Å².